The molecule has 0 radical (unpaired) electrons. The van der Waals surface area contributed by atoms with Crippen molar-refractivity contribution in [3.05, 3.63) is 35.9 Å². The molecular formula is C18H27N3O2. The Labute approximate surface area is 138 Å². The summed E-state index contributed by atoms with van der Waals surface area (Å²) >= 11 is 0. The Morgan fingerprint density at radius 2 is 1.83 bits per heavy atom. The van der Waals surface area contributed by atoms with E-state index in [1.165, 1.54) is 0 Å². The maximum absolute atomic E-state index is 13.0. The van der Waals surface area contributed by atoms with Gasteiger partial charge in [0.25, 0.3) is 5.91 Å². The molecule has 2 aliphatic rings. The first-order chi connectivity index (χ1) is 11.2. The average molecular weight is 317 g/mol. The number of morpholine rings is 1. The number of amides is 1. The molecule has 5 heteroatoms. The van der Waals surface area contributed by atoms with Gasteiger partial charge in [0.2, 0.25) is 0 Å². The molecule has 126 valence electrons. The molecule has 23 heavy (non-hydrogen) atoms. The second-order valence-electron chi connectivity index (χ2n) is 6.39. The van der Waals surface area contributed by atoms with Crippen molar-refractivity contribution in [1.82, 2.24) is 14.7 Å². The van der Waals surface area contributed by atoms with Crippen molar-refractivity contribution in [3.8, 4) is 0 Å². The van der Waals surface area contributed by atoms with Crippen LogP contribution in [0.5, 0.6) is 0 Å². The van der Waals surface area contributed by atoms with Crippen LogP contribution >= 0.6 is 0 Å². The third-order valence-corrected chi connectivity index (χ3v) is 5.02. The number of hydrogen-bond donors (Lipinski definition) is 0. The van der Waals surface area contributed by atoms with Crippen molar-refractivity contribution in [1.29, 1.82) is 0 Å². The van der Waals surface area contributed by atoms with Gasteiger partial charge in [-0.15, -0.1) is 0 Å². The van der Waals surface area contributed by atoms with Crippen LogP contribution in [-0.2, 0) is 9.53 Å². The summed E-state index contributed by atoms with van der Waals surface area (Å²) < 4.78 is 5.94. The third kappa shape index (κ3) is 3.57. The van der Waals surface area contributed by atoms with Gasteiger partial charge in [-0.1, -0.05) is 37.3 Å². The minimum atomic E-state index is -0.399. The topological polar surface area (TPSA) is 36.0 Å². The van der Waals surface area contributed by atoms with Crippen LogP contribution in [0.25, 0.3) is 0 Å². The summed E-state index contributed by atoms with van der Waals surface area (Å²) in [6, 6.07) is 10.2. The maximum Gasteiger partial charge on any atom is 0.253 e. The minimum Gasteiger partial charge on any atom is -0.365 e. The molecule has 1 aromatic rings. The molecule has 2 fully saturated rings. The van der Waals surface area contributed by atoms with Gasteiger partial charge in [-0.2, -0.15) is 0 Å². The summed E-state index contributed by atoms with van der Waals surface area (Å²) in [6.07, 6.45) is -0.399. The molecule has 2 saturated heterocycles. The number of ether oxygens (including phenoxy) is 1. The highest BCUT2D eigenvalue weighted by molar-refractivity contribution is 5.82. The fourth-order valence-corrected chi connectivity index (χ4v) is 3.54. The maximum atomic E-state index is 13.0. The van der Waals surface area contributed by atoms with E-state index in [0.717, 1.165) is 44.8 Å². The summed E-state index contributed by atoms with van der Waals surface area (Å²) in [4.78, 5) is 19.6. The average Bonchev–Trinajstić information content (AvgIpc) is 2.61. The van der Waals surface area contributed by atoms with E-state index in [9.17, 15) is 4.79 Å². The van der Waals surface area contributed by atoms with Crippen molar-refractivity contribution >= 4 is 5.91 Å². The van der Waals surface area contributed by atoms with E-state index >= 15 is 0 Å². The van der Waals surface area contributed by atoms with Crippen molar-refractivity contribution in [2.24, 2.45) is 0 Å². The largest absolute Gasteiger partial charge is 0.365 e. The van der Waals surface area contributed by atoms with E-state index in [-0.39, 0.29) is 11.9 Å². The van der Waals surface area contributed by atoms with Gasteiger partial charge in [0.05, 0.1) is 12.6 Å². The number of hydrogen-bond acceptors (Lipinski definition) is 4. The fourth-order valence-electron chi connectivity index (χ4n) is 3.54. The lowest BCUT2D eigenvalue weighted by Crippen LogP contribution is -2.56. The molecule has 2 heterocycles. The van der Waals surface area contributed by atoms with Crippen molar-refractivity contribution in [2.75, 3.05) is 52.9 Å². The van der Waals surface area contributed by atoms with Crippen LogP contribution in [0.3, 0.4) is 0 Å². The number of nitrogens with zero attached hydrogens (tertiary/aromatic N) is 3. The molecule has 0 spiro atoms. The van der Waals surface area contributed by atoms with Crippen LogP contribution in [0.1, 0.15) is 18.5 Å². The Bertz CT molecular complexity index is 514. The number of piperazine rings is 1. The number of carbonyl (C=O) groups is 1. The van der Waals surface area contributed by atoms with E-state index < -0.39 is 6.10 Å². The third-order valence-electron chi connectivity index (χ3n) is 5.02. The highest BCUT2D eigenvalue weighted by atomic mass is 16.5. The number of likely N-dealkylation sites (N-methyl/N-ethyl adjacent to an activating group) is 2. The van der Waals surface area contributed by atoms with Crippen LogP contribution in [-0.4, -0.2) is 79.6 Å². The zero-order valence-electron chi connectivity index (χ0n) is 14.1. The Kier molecular flexibility index (Phi) is 5.30. The van der Waals surface area contributed by atoms with Gasteiger partial charge in [-0.05, 0) is 19.2 Å². The Morgan fingerprint density at radius 3 is 2.48 bits per heavy atom. The first kappa shape index (κ1) is 16.4. The van der Waals surface area contributed by atoms with Crippen molar-refractivity contribution < 1.29 is 9.53 Å². The van der Waals surface area contributed by atoms with Gasteiger partial charge in [0, 0.05) is 32.7 Å². The zero-order valence-corrected chi connectivity index (χ0v) is 14.1. The number of benzene rings is 1. The van der Waals surface area contributed by atoms with Crippen molar-refractivity contribution in [3.63, 3.8) is 0 Å². The van der Waals surface area contributed by atoms with Crippen LogP contribution in [0.2, 0.25) is 0 Å². The van der Waals surface area contributed by atoms with Gasteiger partial charge in [-0.3, -0.25) is 9.69 Å². The van der Waals surface area contributed by atoms with E-state index in [0.29, 0.717) is 6.61 Å². The molecule has 0 bridgehead atoms. The first-order valence-corrected chi connectivity index (χ1v) is 8.58. The summed E-state index contributed by atoms with van der Waals surface area (Å²) in [7, 11) is 2.08. The molecular weight excluding hydrogens is 290 g/mol. The Morgan fingerprint density at radius 1 is 1.13 bits per heavy atom. The molecule has 0 saturated carbocycles. The predicted octanol–water partition coefficient (Wildman–Crippen LogP) is 1.22. The molecule has 0 aromatic heterocycles. The first-order valence-electron chi connectivity index (χ1n) is 8.58. The summed E-state index contributed by atoms with van der Waals surface area (Å²) in [5.74, 6) is 0.140. The second kappa shape index (κ2) is 7.43. The van der Waals surface area contributed by atoms with Gasteiger partial charge >= 0.3 is 0 Å². The summed E-state index contributed by atoms with van der Waals surface area (Å²) in [6.45, 7) is 8.22. The quantitative estimate of drug-likeness (QED) is 0.840. The lowest BCUT2D eigenvalue weighted by molar-refractivity contribution is -0.157. The van der Waals surface area contributed by atoms with Gasteiger partial charge < -0.3 is 14.5 Å². The number of carbonyl (C=O) groups excluding carboxylic acids is 1. The molecule has 5 nitrogen and oxygen atoms in total. The van der Waals surface area contributed by atoms with Crippen LogP contribution in [0, 0.1) is 0 Å². The van der Waals surface area contributed by atoms with Gasteiger partial charge in [-0.25, -0.2) is 0 Å². The molecule has 0 unspecified atom stereocenters. The van der Waals surface area contributed by atoms with E-state index in [1.54, 1.807) is 0 Å². The zero-order chi connectivity index (χ0) is 16.2. The molecule has 2 aliphatic heterocycles. The van der Waals surface area contributed by atoms with E-state index in [1.807, 2.05) is 23.1 Å². The van der Waals surface area contributed by atoms with Gasteiger partial charge in [0.1, 0.15) is 0 Å². The molecule has 0 aliphatic carbocycles. The molecule has 1 amide bonds. The summed E-state index contributed by atoms with van der Waals surface area (Å²) in [5.41, 5.74) is 1.15. The fraction of sp³-hybridized carbons (Fsp3) is 0.611. The predicted molar refractivity (Wildman–Crippen MR) is 90.2 cm³/mol. The molecule has 1 aromatic carbocycles. The van der Waals surface area contributed by atoms with E-state index in [4.69, 9.17) is 4.74 Å². The standard InChI is InChI=1S/C18H27N3O2/c1-3-20-9-11-21(12-10-20)18(22)17-16(19(2)13-14-23-17)15-7-5-4-6-8-15/h4-8,16-17H,3,9-14H2,1-2H3/t16-,17+/m0/s1. The lowest BCUT2D eigenvalue weighted by atomic mass is 9.97. The molecule has 0 N–H and O–H groups in total. The molecule has 2 atom stereocenters. The highest BCUT2D eigenvalue weighted by Gasteiger charge is 2.39. The van der Waals surface area contributed by atoms with Crippen LogP contribution in [0.4, 0.5) is 0 Å². The highest BCUT2D eigenvalue weighted by Crippen LogP contribution is 2.29. The monoisotopic (exact) mass is 317 g/mol. The van der Waals surface area contributed by atoms with Crippen LogP contribution in [0.15, 0.2) is 30.3 Å². The number of rotatable bonds is 3. The van der Waals surface area contributed by atoms with Crippen molar-refractivity contribution in [2.45, 2.75) is 19.1 Å². The van der Waals surface area contributed by atoms with E-state index in [2.05, 4.69) is 35.9 Å². The lowest BCUT2D eigenvalue weighted by Gasteiger charge is -2.42. The Balaban J connectivity index is 1.75. The van der Waals surface area contributed by atoms with Gasteiger partial charge in [0.15, 0.2) is 6.10 Å². The SMILES string of the molecule is CCN1CCN(C(=O)[C@@H]2OCCN(C)[C@H]2c2ccccc2)CC1. The normalized spacial score (nSPS) is 27.1. The molecule has 3 rings (SSSR count). The summed E-state index contributed by atoms with van der Waals surface area (Å²) in [5, 5.41) is 0. The van der Waals surface area contributed by atoms with Crippen LogP contribution < -0.4 is 0 Å². The minimum absolute atomic E-state index is 0.00153. The second-order valence-corrected chi connectivity index (χ2v) is 6.39. The smallest absolute Gasteiger partial charge is 0.253 e. The Hall–Kier alpha value is -1.43.